The molecule has 2 rings (SSSR count). The molecule has 4 N–H and O–H groups in total. The van der Waals surface area contributed by atoms with Crippen LogP contribution in [0.4, 0.5) is 0 Å². The Labute approximate surface area is 206 Å². The van der Waals surface area contributed by atoms with Gasteiger partial charge in [-0.25, -0.2) is 4.79 Å². The minimum atomic E-state index is -1.19. The summed E-state index contributed by atoms with van der Waals surface area (Å²) in [5, 5.41) is 24.3. The minimum absolute atomic E-state index is 0.0381. The molecule has 2 amide bonds. The smallest absolute Gasteiger partial charge is 0.326 e. The average molecular weight is 485 g/mol. The van der Waals surface area contributed by atoms with Gasteiger partial charge in [0, 0.05) is 6.42 Å². The van der Waals surface area contributed by atoms with Gasteiger partial charge in [-0.1, -0.05) is 65.0 Å². The lowest BCUT2D eigenvalue weighted by atomic mass is 9.86. The second-order valence-electron chi connectivity index (χ2n) is 10.1. The van der Waals surface area contributed by atoms with Crippen LogP contribution in [0.3, 0.4) is 0 Å². The number of phenolic OH excluding ortho intramolecular Hbond substituents is 1. The fourth-order valence-electron chi connectivity index (χ4n) is 3.63. The number of carbonyl (C=O) groups is 3. The van der Waals surface area contributed by atoms with E-state index in [1.54, 1.807) is 18.2 Å². The van der Waals surface area contributed by atoms with Crippen molar-refractivity contribution in [2.45, 2.75) is 65.0 Å². The van der Waals surface area contributed by atoms with Crippen LogP contribution in [0.5, 0.6) is 11.5 Å². The van der Waals surface area contributed by atoms with Gasteiger partial charge in [0.2, 0.25) is 5.91 Å². The average Bonchev–Trinajstić information content (AvgIpc) is 2.77. The summed E-state index contributed by atoms with van der Waals surface area (Å²) < 4.78 is 5.76. The molecule has 190 valence electrons. The highest BCUT2D eigenvalue weighted by Crippen LogP contribution is 2.30. The van der Waals surface area contributed by atoms with E-state index in [-0.39, 0.29) is 30.1 Å². The number of nitrogens with one attached hydrogen (secondary N) is 2. The number of benzene rings is 2. The van der Waals surface area contributed by atoms with Crippen molar-refractivity contribution in [3.05, 3.63) is 59.7 Å². The van der Waals surface area contributed by atoms with E-state index >= 15 is 0 Å². The highest BCUT2D eigenvalue weighted by molar-refractivity contribution is 5.90. The number of ether oxygens (including phenoxy) is 1. The summed E-state index contributed by atoms with van der Waals surface area (Å²) in [6.07, 6.45) is 0.373. The molecule has 0 aliphatic rings. The number of aliphatic carboxylic acids is 1. The lowest BCUT2D eigenvalue weighted by Gasteiger charge is -2.24. The standard InChI is InChI=1S/C27H36N2O6/c1-17(2)14-21(25(32)29-22(26(33)34)15-18-10-12-19(30)13-11-18)28-24(31)16-35-23-9-7-6-8-20(23)27(3,4)5/h6-13,17,21-22,30H,14-16H2,1-5H3,(H,28,31)(H,29,32)(H,33,34)/t21-,22-/m0/s1. The molecule has 0 bridgehead atoms. The number of carboxylic acid groups (broad SMARTS) is 1. The van der Waals surface area contributed by atoms with Crippen molar-refractivity contribution in [1.82, 2.24) is 10.6 Å². The molecule has 0 heterocycles. The Bertz CT molecular complexity index is 1010. The summed E-state index contributed by atoms with van der Waals surface area (Å²) in [7, 11) is 0. The molecule has 0 saturated carbocycles. The SMILES string of the molecule is CC(C)C[C@H](NC(=O)COc1ccccc1C(C)(C)C)C(=O)N[C@@H](Cc1ccc(O)cc1)C(=O)O. The van der Waals surface area contributed by atoms with Crippen molar-refractivity contribution in [2.75, 3.05) is 6.61 Å². The number of hydrogen-bond donors (Lipinski definition) is 4. The zero-order chi connectivity index (χ0) is 26.2. The van der Waals surface area contributed by atoms with Gasteiger partial charge in [0.1, 0.15) is 23.6 Å². The molecule has 0 radical (unpaired) electrons. The quantitative estimate of drug-likeness (QED) is 0.387. The fourth-order valence-corrected chi connectivity index (χ4v) is 3.63. The molecule has 35 heavy (non-hydrogen) atoms. The second-order valence-corrected chi connectivity index (χ2v) is 10.1. The van der Waals surface area contributed by atoms with Crippen LogP contribution in [0.25, 0.3) is 0 Å². The number of hydrogen-bond acceptors (Lipinski definition) is 5. The highest BCUT2D eigenvalue weighted by Gasteiger charge is 2.28. The largest absolute Gasteiger partial charge is 0.508 e. The van der Waals surface area contributed by atoms with Gasteiger partial charge in [0.25, 0.3) is 5.91 Å². The van der Waals surface area contributed by atoms with E-state index in [0.717, 1.165) is 5.56 Å². The van der Waals surface area contributed by atoms with E-state index in [1.165, 1.54) is 12.1 Å². The van der Waals surface area contributed by atoms with Crippen LogP contribution >= 0.6 is 0 Å². The molecule has 2 aromatic rings. The Morgan fingerprint density at radius 1 is 0.943 bits per heavy atom. The van der Waals surface area contributed by atoms with Crippen LogP contribution in [0.15, 0.2) is 48.5 Å². The first-order chi connectivity index (χ1) is 16.4. The molecular formula is C27H36N2O6. The van der Waals surface area contributed by atoms with Crippen LogP contribution in [0.1, 0.15) is 52.2 Å². The third-order valence-corrected chi connectivity index (χ3v) is 5.40. The maximum Gasteiger partial charge on any atom is 0.326 e. The Balaban J connectivity index is 2.05. The van der Waals surface area contributed by atoms with Gasteiger partial charge >= 0.3 is 5.97 Å². The van der Waals surface area contributed by atoms with Gasteiger partial charge in [-0.05, 0) is 47.1 Å². The molecule has 8 nitrogen and oxygen atoms in total. The Kier molecular flexibility index (Phi) is 9.68. The van der Waals surface area contributed by atoms with E-state index < -0.39 is 29.9 Å². The summed E-state index contributed by atoms with van der Waals surface area (Å²) in [5.41, 5.74) is 1.44. The van der Waals surface area contributed by atoms with Crippen LogP contribution in [0.2, 0.25) is 0 Å². The molecule has 0 saturated heterocycles. The van der Waals surface area contributed by atoms with Crippen molar-refractivity contribution >= 4 is 17.8 Å². The van der Waals surface area contributed by atoms with Crippen molar-refractivity contribution in [3.8, 4) is 11.5 Å². The topological polar surface area (TPSA) is 125 Å². The summed E-state index contributed by atoms with van der Waals surface area (Å²) in [4.78, 5) is 37.4. The van der Waals surface area contributed by atoms with Crippen molar-refractivity contribution in [1.29, 1.82) is 0 Å². The van der Waals surface area contributed by atoms with Crippen molar-refractivity contribution in [3.63, 3.8) is 0 Å². The molecule has 2 atom stereocenters. The maximum atomic E-state index is 13.0. The number of rotatable bonds is 11. The van der Waals surface area contributed by atoms with Gasteiger partial charge < -0.3 is 25.6 Å². The number of phenols is 1. The molecule has 0 spiro atoms. The lowest BCUT2D eigenvalue weighted by Crippen LogP contribution is -2.53. The van der Waals surface area contributed by atoms with E-state index in [1.807, 2.05) is 32.0 Å². The molecular weight excluding hydrogens is 448 g/mol. The third-order valence-electron chi connectivity index (χ3n) is 5.40. The van der Waals surface area contributed by atoms with Crippen LogP contribution in [-0.4, -0.2) is 46.7 Å². The number of carbonyl (C=O) groups excluding carboxylic acids is 2. The van der Waals surface area contributed by atoms with Crippen LogP contribution in [-0.2, 0) is 26.2 Å². The summed E-state index contributed by atoms with van der Waals surface area (Å²) in [6.45, 7) is 9.70. The zero-order valence-corrected chi connectivity index (χ0v) is 21.0. The van der Waals surface area contributed by atoms with Gasteiger partial charge in [0.15, 0.2) is 6.61 Å². The molecule has 0 aromatic heterocycles. The van der Waals surface area contributed by atoms with Crippen molar-refractivity contribution < 1.29 is 29.3 Å². The number of amides is 2. The van der Waals surface area contributed by atoms with E-state index in [2.05, 4.69) is 31.4 Å². The first-order valence-corrected chi connectivity index (χ1v) is 11.7. The molecule has 0 aliphatic carbocycles. The number of carboxylic acids is 1. The molecule has 2 aromatic carbocycles. The van der Waals surface area contributed by atoms with Crippen LogP contribution in [0, 0.1) is 5.92 Å². The third kappa shape index (κ3) is 8.96. The predicted molar refractivity (Wildman–Crippen MR) is 133 cm³/mol. The number of aromatic hydroxyl groups is 1. The Morgan fingerprint density at radius 3 is 2.14 bits per heavy atom. The zero-order valence-electron chi connectivity index (χ0n) is 21.0. The summed E-state index contributed by atoms with van der Waals surface area (Å²) >= 11 is 0. The van der Waals surface area contributed by atoms with Gasteiger partial charge in [-0.2, -0.15) is 0 Å². The second kappa shape index (κ2) is 12.2. The van der Waals surface area contributed by atoms with Gasteiger partial charge in [-0.15, -0.1) is 0 Å². The van der Waals surface area contributed by atoms with E-state index in [9.17, 15) is 24.6 Å². The molecule has 8 heteroatoms. The first kappa shape index (κ1) is 27.7. The van der Waals surface area contributed by atoms with Crippen LogP contribution < -0.4 is 15.4 Å². The predicted octanol–water partition coefficient (Wildman–Crippen LogP) is 3.41. The first-order valence-electron chi connectivity index (χ1n) is 11.7. The fraction of sp³-hybridized carbons (Fsp3) is 0.444. The molecule has 0 aliphatic heterocycles. The molecule has 0 unspecified atom stereocenters. The summed E-state index contributed by atoms with van der Waals surface area (Å²) in [5.74, 6) is -1.50. The minimum Gasteiger partial charge on any atom is -0.508 e. The maximum absolute atomic E-state index is 13.0. The Hall–Kier alpha value is -3.55. The monoisotopic (exact) mass is 484 g/mol. The van der Waals surface area contributed by atoms with E-state index in [0.29, 0.717) is 17.7 Å². The van der Waals surface area contributed by atoms with E-state index in [4.69, 9.17) is 4.74 Å². The molecule has 0 fully saturated rings. The van der Waals surface area contributed by atoms with Crippen molar-refractivity contribution in [2.24, 2.45) is 5.92 Å². The lowest BCUT2D eigenvalue weighted by molar-refractivity contribution is -0.142. The highest BCUT2D eigenvalue weighted by atomic mass is 16.5. The van der Waals surface area contributed by atoms with Gasteiger partial charge in [-0.3, -0.25) is 9.59 Å². The normalized spacial score (nSPS) is 13.1. The van der Waals surface area contributed by atoms with Gasteiger partial charge in [0.05, 0.1) is 0 Å². The Morgan fingerprint density at radius 2 is 1.57 bits per heavy atom. The summed E-state index contributed by atoms with van der Waals surface area (Å²) in [6, 6.07) is 11.5. The number of para-hydroxylation sites is 1.